The van der Waals surface area contributed by atoms with E-state index in [0.717, 1.165) is 12.1 Å². The zero-order chi connectivity index (χ0) is 15.6. The van der Waals surface area contributed by atoms with Crippen molar-refractivity contribution in [3.05, 3.63) is 47.0 Å². The van der Waals surface area contributed by atoms with Gasteiger partial charge in [-0.05, 0) is 25.3 Å². The van der Waals surface area contributed by atoms with Crippen LogP contribution in [0.5, 0.6) is 0 Å². The fraction of sp³-hybridized carbons (Fsp3) is 0.357. The highest BCUT2D eigenvalue weighted by Crippen LogP contribution is 2.28. The van der Waals surface area contributed by atoms with E-state index in [2.05, 4.69) is 0 Å². The number of sulfone groups is 1. The minimum Gasteiger partial charge on any atom is -0.478 e. The maximum Gasteiger partial charge on any atom is 0.332 e. The third kappa shape index (κ3) is 3.47. The van der Waals surface area contributed by atoms with Crippen molar-refractivity contribution in [1.82, 2.24) is 0 Å². The first-order valence-corrected chi connectivity index (χ1v) is 8.11. The molecule has 0 amide bonds. The van der Waals surface area contributed by atoms with Gasteiger partial charge in [-0.15, -0.1) is 0 Å². The summed E-state index contributed by atoms with van der Waals surface area (Å²) in [6, 6.07) is 2.65. The summed E-state index contributed by atoms with van der Waals surface area (Å²) in [5.74, 6) is -3.66. The number of allylic oxidation sites excluding steroid dienone is 1. The van der Waals surface area contributed by atoms with Crippen LogP contribution in [0.4, 0.5) is 8.78 Å². The topological polar surface area (TPSA) is 71.4 Å². The first-order chi connectivity index (χ1) is 9.81. The fourth-order valence-electron chi connectivity index (χ4n) is 2.40. The van der Waals surface area contributed by atoms with Crippen molar-refractivity contribution < 1.29 is 27.1 Å². The van der Waals surface area contributed by atoms with E-state index < -0.39 is 38.4 Å². The lowest BCUT2D eigenvalue weighted by Crippen LogP contribution is -2.30. The number of carboxylic acid groups (broad SMARTS) is 1. The number of aliphatic carboxylic acids is 1. The van der Waals surface area contributed by atoms with Crippen LogP contribution in [0.15, 0.2) is 29.8 Å². The summed E-state index contributed by atoms with van der Waals surface area (Å²) in [4.78, 5) is 11.1. The average Bonchev–Trinajstić information content (AvgIpc) is 2.42. The van der Waals surface area contributed by atoms with E-state index in [1.54, 1.807) is 0 Å². The maximum absolute atomic E-state index is 13.6. The summed E-state index contributed by atoms with van der Waals surface area (Å²) in [5.41, 5.74) is -0.324. The molecule has 1 aliphatic rings. The van der Waals surface area contributed by atoms with Crippen LogP contribution in [0.2, 0.25) is 0 Å². The Bertz CT molecular complexity index is 695. The molecule has 2 rings (SSSR count). The van der Waals surface area contributed by atoms with Crippen LogP contribution in [-0.4, -0.2) is 24.7 Å². The second-order valence-corrected chi connectivity index (χ2v) is 7.11. The minimum absolute atomic E-state index is 0.160. The van der Waals surface area contributed by atoms with Gasteiger partial charge in [-0.2, -0.15) is 0 Å². The molecule has 1 aromatic carbocycles. The summed E-state index contributed by atoms with van der Waals surface area (Å²) in [5, 5.41) is 7.93. The Balaban J connectivity index is 2.31. The van der Waals surface area contributed by atoms with E-state index in [9.17, 15) is 22.0 Å². The Morgan fingerprint density at radius 3 is 2.67 bits per heavy atom. The Hall–Kier alpha value is -1.76. The smallest absolute Gasteiger partial charge is 0.332 e. The predicted molar refractivity (Wildman–Crippen MR) is 72.3 cm³/mol. The molecule has 0 saturated heterocycles. The maximum atomic E-state index is 13.6. The molecule has 1 N–H and O–H groups in total. The number of rotatable bonds is 4. The first kappa shape index (κ1) is 15.6. The standard InChI is InChI=1S/C14H14F2O4S/c15-10-6-5-9(12(16)7-10)8-21(19,20)13-4-2-1-3-11(13)14(17)18/h3,5-7,13H,1-2,4,8H2,(H,17,18). The van der Waals surface area contributed by atoms with Crippen LogP contribution in [0.25, 0.3) is 0 Å². The number of hydrogen-bond acceptors (Lipinski definition) is 3. The normalized spacial score (nSPS) is 19.1. The zero-order valence-electron chi connectivity index (χ0n) is 11.1. The Morgan fingerprint density at radius 2 is 2.05 bits per heavy atom. The van der Waals surface area contributed by atoms with Crippen LogP contribution in [0.1, 0.15) is 24.8 Å². The molecular formula is C14H14F2O4S. The quantitative estimate of drug-likeness (QED) is 0.926. The van der Waals surface area contributed by atoms with Crippen molar-refractivity contribution in [2.45, 2.75) is 30.3 Å². The Morgan fingerprint density at radius 1 is 1.33 bits per heavy atom. The van der Waals surface area contributed by atoms with Crippen molar-refractivity contribution in [2.75, 3.05) is 0 Å². The van der Waals surface area contributed by atoms with Gasteiger partial charge in [0.2, 0.25) is 0 Å². The lowest BCUT2D eigenvalue weighted by molar-refractivity contribution is -0.132. The molecule has 0 fully saturated rings. The van der Waals surface area contributed by atoms with E-state index in [4.69, 9.17) is 5.11 Å². The highest BCUT2D eigenvalue weighted by Gasteiger charge is 2.34. The van der Waals surface area contributed by atoms with Crippen molar-refractivity contribution >= 4 is 15.8 Å². The number of carboxylic acids is 1. The second-order valence-electron chi connectivity index (χ2n) is 4.93. The molecule has 1 aromatic rings. The molecule has 0 bridgehead atoms. The van der Waals surface area contributed by atoms with Crippen LogP contribution in [-0.2, 0) is 20.4 Å². The molecule has 1 aliphatic carbocycles. The highest BCUT2D eigenvalue weighted by atomic mass is 32.2. The van der Waals surface area contributed by atoms with Gasteiger partial charge in [0, 0.05) is 11.6 Å². The lowest BCUT2D eigenvalue weighted by Gasteiger charge is -2.22. The van der Waals surface area contributed by atoms with Gasteiger partial charge >= 0.3 is 5.97 Å². The average molecular weight is 316 g/mol. The first-order valence-electron chi connectivity index (χ1n) is 6.40. The minimum atomic E-state index is -3.88. The predicted octanol–water partition coefficient (Wildman–Crippen LogP) is 2.44. The largest absolute Gasteiger partial charge is 0.478 e. The molecule has 4 nitrogen and oxygen atoms in total. The molecule has 7 heteroatoms. The molecule has 0 spiro atoms. The van der Waals surface area contributed by atoms with Gasteiger partial charge in [0.1, 0.15) is 11.6 Å². The summed E-state index contributed by atoms with van der Waals surface area (Å²) < 4.78 is 51.1. The Kier molecular flexibility index (Phi) is 4.41. The van der Waals surface area contributed by atoms with Gasteiger partial charge in [0.05, 0.1) is 16.6 Å². The zero-order valence-corrected chi connectivity index (χ0v) is 11.9. The molecule has 0 heterocycles. The third-order valence-corrected chi connectivity index (χ3v) is 5.50. The van der Waals surface area contributed by atoms with Gasteiger partial charge in [-0.3, -0.25) is 0 Å². The van der Waals surface area contributed by atoms with E-state index in [1.165, 1.54) is 6.08 Å². The number of carbonyl (C=O) groups is 1. The number of hydrogen-bond donors (Lipinski definition) is 1. The summed E-state index contributed by atoms with van der Waals surface area (Å²) in [6.07, 6.45) is 2.67. The fourth-order valence-corrected chi connectivity index (χ4v) is 4.38. The second kappa shape index (κ2) is 5.93. The van der Waals surface area contributed by atoms with E-state index in [-0.39, 0.29) is 17.6 Å². The van der Waals surface area contributed by atoms with E-state index in [1.807, 2.05) is 0 Å². The molecule has 1 atom stereocenters. The van der Waals surface area contributed by atoms with Crippen molar-refractivity contribution in [3.63, 3.8) is 0 Å². The van der Waals surface area contributed by atoms with E-state index in [0.29, 0.717) is 18.9 Å². The van der Waals surface area contributed by atoms with Gasteiger partial charge in [0.15, 0.2) is 9.84 Å². The number of benzene rings is 1. The van der Waals surface area contributed by atoms with Gasteiger partial charge < -0.3 is 5.11 Å². The van der Waals surface area contributed by atoms with Crippen LogP contribution in [0.3, 0.4) is 0 Å². The van der Waals surface area contributed by atoms with E-state index >= 15 is 0 Å². The highest BCUT2D eigenvalue weighted by molar-refractivity contribution is 7.91. The molecule has 114 valence electrons. The van der Waals surface area contributed by atoms with Gasteiger partial charge in [-0.1, -0.05) is 12.1 Å². The molecule has 0 aromatic heterocycles. The SMILES string of the molecule is O=C(O)C1=CCCCC1S(=O)(=O)Cc1ccc(F)cc1F. The molecule has 1 unspecified atom stereocenters. The molecule has 0 radical (unpaired) electrons. The summed E-state index contributed by atoms with van der Waals surface area (Å²) in [6.45, 7) is 0. The van der Waals surface area contributed by atoms with Crippen LogP contribution >= 0.6 is 0 Å². The summed E-state index contributed by atoms with van der Waals surface area (Å²) >= 11 is 0. The molecule has 0 aliphatic heterocycles. The van der Waals surface area contributed by atoms with Crippen molar-refractivity contribution in [1.29, 1.82) is 0 Å². The summed E-state index contributed by atoms with van der Waals surface area (Å²) in [7, 11) is -3.88. The molecular weight excluding hydrogens is 302 g/mol. The Labute approximate surface area is 121 Å². The van der Waals surface area contributed by atoms with Crippen LogP contribution in [0, 0.1) is 11.6 Å². The van der Waals surface area contributed by atoms with Gasteiger partial charge in [0.25, 0.3) is 0 Å². The third-order valence-electron chi connectivity index (χ3n) is 3.43. The number of halogens is 2. The monoisotopic (exact) mass is 316 g/mol. The van der Waals surface area contributed by atoms with Crippen LogP contribution < -0.4 is 0 Å². The van der Waals surface area contributed by atoms with Gasteiger partial charge in [-0.25, -0.2) is 22.0 Å². The lowest BCUT2D eigenvalue weighted by atomic mass is 9.99. The van der Waals surface area contributed by atoms with Crippen molar-refractivity contribution in [2.24, 2.45) is 0 Å². The van der Waals surface area contributed by atoms with Crippen molar-refractivity contribution in [3.8, 4) is 0 Å². The molecule has 21 heavy (non-hydrogen) atoms. The molecule has 0 saturated carbocycles.